The van der Waals surface area contributed by atoms with Crippen LogP contribution in [-0.4, -0.2) is 26.3 Å². The van der Waals surface area contributed by atoms with E-state index < -0.39 is 0 Å². The van der Waals surface area contributed by atoms with Crippen molar-refractivity contribution in [3.8, 4) is 11.5 Å². The Labute approximate surface area is 94.9 Å². The van der Waals surface area contributed by atoms with Crippen molar-refractivity contribution < 1.29 is 9.47 Å². The summed E-state index contributed by atoms with van der Waals surface area (Å²) >= 11 is 0. The molecule has 1 fully saturated rings. The number of rotatable bonds is 1. The van der Waals surface area contributed by atoms with Crippen LogP contribution < -0.4 is 20.3 Å². The third kappa shape index (κ3) is 1.54. The zero-order valence-electron chi connectivity index (χ0n) is 9.38. The Balaban J connectivity index is 1.96. The Morgan fingerprint density at radius 3 is 2.50 bits per heavy atom. The van der Waals surface area contributed by atoms with Gasteiger partial charge in [0.2, 0.25) is 0 Å². The van der Waals surface area contributed by atoms with Crippen molar-refractivity contribution in [1.82, 2.24) is 10.9 Å². The van der Waals surface area contributed by atoms with Crippen molar-refractivity contribution in [1.29, 1.82) is 0 Å². The van der Waals surface area contributed by atoms with E-state index in [1.54, 1.807) is 0 Å². The maximum atomic E-state index is 5.60. The van der Waals surface area contributed by atoms with Crippen LogP contribution in [0.4, 0.5) is 0 Å². The van der Waals surface area contributed by atoms with E-state index in [1.807, 2.05) is 6.07 Å². The number of fused-ring (bicyclic) bond motifs is 1. The van der Waals surface area contributed by atoms with Crippen LogP contribution in [0.5, 0.6) is 11.5 Å². The Morgan fingerprint density at radius 1 is 1.06 bits per heavy atom. The van der Waals surface area contributed by atoms with Gasteiger partial charge in [0.1, 0.15) is 13.2 Å². The number of benzene rings is 1. The molecule has 0 saturated carbocycles. The van der Waals surface area contributed by atoms with Crippen LogP contribution in [0, 0.1) is 0 Å². The Kier molecular flexibility index (Phi) is 2.26. The number of hydrogen-bond donors (Lipinski definition) is 2. The molecule has 16 heavy (non-hydrogen) atoms. The van der Waals surface area contributed by atoms with Gasteiger partial charge in [0.15, 0.2) is 11.5 Å². The molecule has 2 aliphatic heterocycles. The van der Waals surface area contributed by atoms with E-state index in [2.05, 4.69) is 29.9 Å². The molecule has 0 aromatic heterocycles. The van der Waals surface area contributed by atoms with Gasteiger partial charge in [-0.05, 0) is 17.7 Å². The molecule has 86 valence electrons. The average Bonchev–Trinajstić information content (AvgIpc) is 2.77. The fraction of sp³-hybridized carbons (Fsp3) is 0.500. The first-order valence-corrected chi connectivity index (χ1v) is 5.64. The summed E-state index contributed by atoms with van der Waals surface area (Å²) in [6.07, 6.45) is 0. The van der Waals surface area contributed by atoms with Gasteiger partial charge in [0, 0.05) is 18.5 Å². The van der Waals surface area contributed by atoms with Gasteiger partial charge in [-0.2, -0.15) is 0 Å². The zero-order chi connectivity index (χ0) is 11.0. The largest absolute Gasteiger partial charge is 0.486 e. The van der Waals surface area contributed by atoms with Gasteiger partial charge >= 0.3 is 0 Å². The van der Waals surface area contributed by atoms with Gasteiger partial charge < -0.3 is 9.47 Å². The Hall–Kier alpha value is -1.26. The van der Waals surface area contributed by atoms with Gasteiger partial charge in [-0.1, -0.05) is 13.0 Å². The fourth-order valence-electron chi connectivity index (χ4n) is 2.20. The van der Waals surface area contributed by atoms with Gasteiger partial charge in [-0.3, -0.25) is 10.9 Å². The predicted molar refractivity (Wildman–Crippen MR) is 60.8 cm³/mol. The Bertz CT molecular complexity index is 400. The van der Waals surface area contributed by atoms with Crippen molar-refractivity contribution in [2.24, 2.45) is 0 Å². The number of hydrogen-bond acceptors (Lipinski definition) is 4. The van der Waals surface area contributed by atoms with Crippen molar-refractivity contribution in [2.45, 2.75) is 12.3 Å². The molecule has 0 aliphatic carbocycles. The smallest absolute Gasteiger partial charge is 0.161 e. The minimum atomic E-state index is 0.135. The van der Waals surface area contributed by atoms with E-state index in [-0.39, 0.29) is 5.41 Å². The second-order valence-corrected chi connectivity index (χ2v) is 4.63. The molecule has 4 nitrogen and oxygen atoms in total. The molecule has 1 saturated heterocycles. The summed E-state index contributed by atoms with van der Waals surface area (Å²) in [5.74, 6) is 1.73. The van der Waals surface area contributed by atoms with Crippen LogP contribution in [0.15, 0.2) is 18.2 Å². The van der Waals surface area contributed by atoms with Gasteiger partial charge in [0.25, 0.3) is 0 Å². The Morgan fingerprint density at radius 2 is 1.75 bits per heavy atom. The first kappa shape index (κ1) is 9.93. The number of hydrazine groups is 1. The molecule has 0 unspecified atom stereocenters. The minimum Gasteiger partial charge on any atom is -0.486 e. The van der Waals surface area contributed by atoms with E-state index in [4.69, 9.17) is 9.47 Å². The second kappa shape index (κ2) is 3.64. The van der Waals surface area contributed by atoms with Crippen LogP contribution in [0.3, 0.4) is 0 Å². The summed E-state index contributed by atoms with van der Waals surface area (Å²) in [4.78, 5) is 0. The normalized spacial score (nSPS) is 22.1. The summed E-state index contributed by atoms with van der Waals surface area (Å²) in [6.45, 7) is 5.40. The SMILES string of the molecule is CC1(c2ccc3c(c2)OCCO3)CNNC1. The number of ether oxygens (including phenoxy) is 2. The summed E-state index contributed by atoms with van der Waals surface area (Å²) in [7, 11) is 0. The standard InChI is InChI=1S/C12H16N2O2/c1-12(7-13-14-8-12)9-2-3-10-11(6-9)16-5-4-15-10/h2-3,6,13-14H,4-5,7-8H2,1H3. The molecule has 2 heterocycles. The highest BCUT2D eigenvalue weighted by Crippen LogP contribution is 2.35. The zero-order valence-corrected chi connectivity index (χ0v) is 9.38. The molecule has 0 atom stereocenters. The maximum absolute atomic E-state index is 5.60. The van der Waals surface area contributed by atoms with E-state index in [1.165, 1.54) is 5.56 Å². The lowest BCUT2D eigenvalue weighted by atomic mass is 9.83. The van der Waals surface area contributed by atoms with Crippen LogP contribution in [0.25, 0.3) is 0 Å². The summed E-state index contributed by atoms with van der Waals surface area (Å²) < 4.78 is 11.1. The first-order chi connectivity index (χ1) is 7.78. The molecule has 4 heteroatoms. The third-order valence-corrected chi connectivity index (χ3v) is 3.32. The molecule has 0 amide bonds. The molecule has 0 spiro atoms. The van der Waals surface area contributed by atoms with E-state index >= 15 is 0 Å². The van der Waals surface area contributed by atoms with Crippen molar-refractivity contribution in [3.05, 3.63) is 23.8 Å². The second-order valence-electron chi connectivity index (χ2n) is 4.63. The van der Waals surface area contributed by atoms with Crippen LogP contribution in [0.2, 0.25) is 0 Å². The number of nitrogens with one attached hydrogen (secondary N) is 2. The molecular weight excluding hydrogens is 204 g/mol. The van der Waals surface area contributed by atoms with Gasteiger partial charge in [0.05, 0.1) is 0 Å². The molecular formula is C12H16N2O2. The lowest BCUT2D eigenvalue weighted by molar-refractivity contribution is 0.171. The third-order valence-electron chi connectivity index (χ3n) is 3.32. The lowest BCUT2D eigenvalue weighted by Crippen LogP contribution is -2.28. The van der Waals surface area contributed by atoms with Crippen molar-refractivity contribution in [2.75, 3.05) is 26.3 Å². The molecule has 2 N–H and O–H groups in total. The van der Waals surface area contributed by atoms with Crippen LogP contribution >= 0.6 is 0 Å². The van der Waals surface area contributed by atoms with E-state index in [0.29, 0.717) is 13.2 Å². The fourth-order valence-corrected chi connectivity index (χ4v) is 2.20. The quantitative estimate of drug-likeness (QED) is 0.735. The summed E-state index contributed by atoms with van der Waals surface area (Å²) in [5.41, 5.74) is 7.76. The molecule has 2 aliphatic rings. The molecule has 0 bridgehead atoms. The molecule has 1 aromatic carbocycles. The average molecular weight is 220 g/mol. The van der Waals surface area contributed by atoms with Gasteiger partial charge in [-0.25, -0.2) is 0 Å². The highest BCUT2D eigenvalue weighted by Gasteiger charge is 2.31. The topological polar surface area (TPSA) is 42.5 Å². The molecule has 1 aromatic rings. The maximum Gasteiger partial charge on any atom is 0.161 e. The lowest BCUT2D eigenvalue weighted by Gasteiger charge is -2.25. The van der Waals surface area contributed by atoms with Crippen LogP contribution in [-0.2, 0) is 5.41 Å². The van der Waals surface area contributed by atoms with Crippen molar-refractivity contribution >= 4 is 0 Å². The first-order valence-electron chi connectivity index (χ1n) is 5.64. The summed E-state index contributed by atoms with van der Waals surface area (Å²) in [5, 5.41) is 0. The predicted octanol–water partition coefficient (Wildman–Crippen LogP) is 0.823. The van der Waals surface area contributed by atoms with Crippen molar-refractivity contribution in [3.63, 3.8) is 0 Å². The molecule has 0 radical (unpaired) electrons. The van der Waals surface area contributed by atoms with Crippen LogP contribution in [0.1, 0.15) is 12.5 Å². The monoisotopic (exact) mass is 220 g/mol. The highest BCUT2D eigenvalue weighted by atomic mass is 16.6. The summed E-state index contributed by atoms with van der Waals surface area (Å²) in [6, 6.07) is 6.23. The highest BCUT2D eigenvalue weighted by molar-refractivity contribution is 5.46. The van der Waals surface area contributed by atoms with E-state index in [0.717, 1.165) is 24.6 Å². The molecule has 3 rings (SSSR count). The minimum absolute atomic E-state index is 0.135. The van der Waals surface area contributed by atoms with E-state index in [9.17, 15) is 0 Å². The van der Waals surface area contributed by atoms with Gasteiger partial charge in [-0.15, -0.1) is 0 Å².